The predicted molar refractivity (Wildman–Crippen MR) is 129 cm³/mol. The van der Waals surface area contributed by atoms with Crippen molar-refractivity contribution < 1.29 is 19.0 Å². The predicted octanol–water partition coefficient (Wildman–Crippen LogP) is 3.75. The molecule has 0 N–H and O–H groups in total. The van der Waals surface area contributed by atoms with E-state index in [9.17, 15) is 4.79 Å². The Hall–Kier alpha value is -2.65. The molecule has 9 nitrogen and oxygen atoms in total. The third-order valence-corrected chi connectivity index (χ3v) is 6.17. The van der Waals surface area contributed by atoms with Gasteiger partial charge in [0, 0.05) is 38.3 Å². The van der Waals surface area contributed by atoms with E-state index in [-0.39, 0.29) is 18.2 Å². The Morgan fingerprint density at radius 3 is 2.79 bits per heavy atom. The van der Waals surface area contributed by atoms with Crippen LogP contribution in [0.5, 0.6) is 5.75 Å². The molecule has 0 spiro atoms. The topological polar surface area (TPSA) is 82.0 Å². The number of ether oxygens (including phenoxy) is 3. The number of rotatable bonds is 9. The van der Waals surface area contributed by atoms with Crippen molar-refractivity contribution in [1.82, 2.24) is 24.6 Å². The summed E-state index contributed by atoms with van der Waals surface area (Å²) in [6, 6.07) is 7.74. The van der Waals surface area contributed by atoms with Crippen molar-refractivity contribution in [2.45, 2.75) is 58.7 Å². The Labute approximate surface area is 202 Å². The SMILES string of the molecule is CCOc1cccc(-c2nc(C3CCCN3C(=O)OC(C)C)n(CCCN3CCOCC3)n2)c1. The molecule has 2 aliphatic heterocycles. The highest BCUT2D eigenvalue weighted by molar-refractivity contribution is 5.69. The van der Waals surface area contributed by atoms with Gasteiger partial charge in [-0.2, -0.15) is 5.10 Å². The largest absolute Gasteiger partial charge is 0.494 e. The lowest BCUT2D eigenvalue weighted by atomic mass is 10.2. The number of carbonyl (C=O) groups is 1. The van der Waals surface area contributed by atoms with Gasteiger partial charge in [-0.3, -0.25) is 9.80 Å². The van der Waals surface area contributed by atoms with Gasteiger partial charge in [-0.25, -0.2) is 14.5 Å². The van der Waals surface area contributed by atoms with Gasteiger partial charge >= 0.3 is 6.09 Å². The van der Waals surface area contributed by atoms with E-state index in [0.29, 0.717) is 19.0 Å². The van der Waals surface area contributed by atoms with Crippen LogP contribution in [0.2, 0.25) is 0 Å². The van der Waals surface area contributed by atoms with Crippen molar-refractivity contribution in [2.24, 2.45) is 0 Å². The molecule has 9 heteroatoms. The van der Waals surface area contributed by atoms with Crippen LogP contribution in [0.1, 0.15) is 51.9 Å². The van der Waals surface area contributed by atoms with Gasteiger partial charge in [0.05, 0.1) is 32.0 Å². The van der Waals surface area contributed by atoms with Crippen LogP contribution in [0.15, 0.2) is 24.3 Å². The summed E-state index contributed by atoms with van der Waals surface area (Å²) >= 11 is 0. The van der Waals surface area contributed by atoms with Gasteiger partial charge < -0.3 is 14.2 Å². The summed E-state index contributed by atoms with van der Waals surface area (Å²) in [7, 11) is 0. The summed E-state index contributed by atoms with van der Waals surface area (Å²) in [4.78, 5) is 22.0. The quantitative estimate of drug-likeness (QED) is 0.551. The molecule has 1 aromatic heterocycles. The zero-order valence-corrected chi connectivity index (χ0v) is 20.6. The molecule has 1 atom stereocenters. The molecule has 1 amide bonds. The molecule has 2 aliphatic rings. The van der Waals surface area contributed by atoms with Gasteiger partial charge in [0.2, 0.25) is 0 Å². The second-order valence-electron chi connectivity index (χ2n) is 9.07. The summed E-state index contributed by atoms with van der Waals surface area (Å²) in [6.07, 6.45) is 2.30. The highest BCUT2D eigenvalue weighted by atomic mass is 16.6. The molecule has 0 saturated carbocycles. The van der Waals surface area contributed by atoms with Crippen molar-refractivity contribution in [3.05, 3.63) is 30.1 Å². The highest BCUT2D eigenvalue weighted by Crippen LogP contribution is 2.33. The van der Waals surface area contributed by atoms with Crippen molar-refractivity contribution in [3.63, 3.8) is 0 Å². The molecule has 3 heterocycles. The third kappa shape index (κ3) is 6.07. The fourth-order valence-electron chi connectivity index (χ4n) is 4.57. The van der Waals surface area contributed by atoms with Crippen LogP contribution in [0.25, 0.3) is 11.4 Å². The Bertz CT molecular complexity index is 941. The number of nitrogens with zero attached hydrogens (tertiary/aromatic N) is 5. The maximum Gasteiger partial charge on any atom is 0.410 e. The standard InChI is InChI=1S/C25H37N5O4/c1-4-33-21-9-5-8-20(18-21)23-26-24(22-10-6-12-29(22)25(31)34-19(2)3)30(27-23)13-7-11-28-14-16-32-17-15-28/h5,8-9,18-19,22H,4,6-7,10-17H2,1-3H3. The monoisotopic (exact) mass is 471 g/mol. The fraction of sp³-hybridized carbons (Fsp3) is 0.640. The smallest absolute Gasteiger partial charge is 0.410 e. The normalized spacial score (nSPS) is 19.1. The summed E-state index contributed by atoms with van der Waals surface area (Å²) in [5, 5.41) is 4.89. The van der Waals surface area contributed by atoms with E-state index >= 15 is 0 Å². The summed E-state index contributed by atoms with van der Waals surface area (Å²) < 4.78 is 18.6. The van der Waals surface area contributed by atoms with Gasteiger partial charge in [0.25, 0.3) is 0 Å². The van der Waals surface area contributed by atoms with Gasteiger partial charge in [-0.05, 0) is 52.2 Å². The number of benzene rings is 1. The van der Waals surface area contributed by atoms with E-state index in [1.807, 2.05) is 54.6 Å². The van der Waals surface area contributed by atoms with Crippen LogP contribution in [0.4, 0.5) is 4.79 Å². The summed E-state index contributed by atoms with van der Waals surface area (Å²) in [6.45, 7) is 12.3. The Morgan fingerprint density at radius 1 is 1.21 bits per heavy atom. The average molecular weight is 472 g/mol. The molecule has 1 unspecified atom stereocenters. The Kier molecular flexibility index (Phi) is 8.39. The number of aryl methyl sites for hydroxylation is 1. The third-order valence-electron chi connectivity index (χ3n) is 6.17. The van der Waals surface area contributed by atoms with E-state index in [1.165, 1.54) is 0 Å². The van der Waals surface area contributed by atoms with E-state index in [0.717, 1.165) is 75.8 Å². The Morgan fingerprint density at radius 2 is 2.03 bits per heavy atom. The summed E-state index contributed by atoms with van der Waals surface area (Å²) in [5.74, 6) is 2.29. The first-order valence-electron chi connectivity index (χ1n) is 12.5. The maximum atomic E-state index is 12.8. The van der Waals surface area contributed by atoms with Crippen LogP contribution >= 0.6 is 0 Å². The number of amides is 1. The highest BCUT2D eigenvalue weighted by Gasteiger charge is 2.35. The lowest BCUT2D eigenvalue weighted by Gasteiger charge is -2.27. The first-order chi connectivity index (χ1) is 16.5. The van der Waals surface area contributed by atoms with Crippen LogP contribution in [-0.2, 0) is 16.0 Å². The van der Waals surface area contributed by atoms with Gasteiger partial charge in [-0.1, -0.05) is 12.1 Å². The van der Waals surface area contributed by atoms with Crippen LogP contribution < -0.4 is 4.74 Å². The van der Waals surface area contributed by atoms with E-state index in [2.05, 4.69) is 4.90 Å². The lowest BCUT2D eigenvalue weighted by molar-refractivity contribution is 0.0367. The zero-order valence-electron chi connectivity index (χ0n) is 20.6. The van der Waals surface area contributed by atoms with Crippen molar-refractivity contribution in [2.75, 3.05) is 46.0 Å². The second-order valence-corrected chi connectivity index (χ2v) is 9.07. The first kappa shape index (κ1) is 24.5. The molecule has 186 valence electrons. The molecule has 4 rings (SSSR count). The molecular formula is C25H37N5O4. The minimum Gasteiger partial charge on any atom is -0.494 e. The number of hydrogen-bond donors (Lipinski definition) is 0. The minimum absolute atomic E-state index is 0.133. The number of carbonyl (C=O) groups excluding carboxylic acids is 1. The number of likely N-dealkylation sites (tertiary alicyclic amines) is 1. The number of hydrogen-bond acceptors (Lipinski definition) is 7. The van der Waals surface area contributed by atoms with Gasteiger partial charge in [0.1, 0.15) is 5.75 Å². The van der Waals surface area contributed by atoms with E-state index < -0.39 is 0 Å². The maximum absolute atomic E-state index is 12.8. The molecule has 2 fully saturated rings. The molecule has 1 aromatic carbocycles. The molecule has 0 radical (unpaired) electrons. The fourth-order valence-corrected chi connectivity index (χ4v) is 4.57. The number of morpholine rings is 1. The second kappa shape index (κ2) is 11.7. The molecule has 34 heavy (non-hydrogen) atoms. The molecule has 2 saturated heterocycles. The molecule has 0 bridgehead atoms. The molecular weight excluding hydrogens is 434 g/mol. The van der Waals surface area contributed by atoms with Crippen molar-refractivity contribution in [1.29, 1.82) is 0 Å². The molecule has 2 aromatic rings. The Balaban J connectivity index is 1.57. The van der Waals surface area contributed by atoms with Gasteiger partial charge in [-0.15, -0.1) is 0 Å². The van der Waals surface area contributed by atoms with Crippen molar-refractivity contribution in [3.8, 4) is 17.1 Å². The van der Waals surface area contributed by atoms with E-state index in [4.69, 9.17) is 24.3 Å². The van der Waals surface area contributed by atoms with Crippen LogP contribution in [0, 0.1) is 0 Å². The van der Waals surface area contributed by atoms with E-state index in [1.54, 1.807) is 0 Å². The number of aromatic nitrogens is 3. The zero-order chi connectivity index (χ0) is 23.9. The van der Waals surface area contributed by atoms with Crippen LogP contribution in [0.3, 0.4) is 0 Å². The lowest BCUT2D eigenvalue weighted by Crippen LogP contribution is -2.37. The average Bonchev–Trinajstić information content (AvgIpc) is 3.47. The molecule has 0 aliphatic carbocycles. The van der Waals surface area contributed by atoms with Gasteiger partial charge in [0.15, 0.2) is 11.6 Å². The van der Waals surface area contributed by atoms with Crippen LogP contribution in [-0.4, -0.2) is 82.8 Å². The first-order valence-corrected chi connectivity index (χ1v) is 12.5. The summed E-state index contributed by atoms with van der Waals surface area (Å²) in [5.41, 5.74) is 0.911. The van der Waals surface area contributed by atoms with Crippen molar-refractivity contribution >= 4 is 6.09 Å². The minimum atomic E-state index is -0.278.